The van der Waals surface area contributed by atoms with Gasteiger partial charge < -0.3 is 0 Å². The first-order valence-corrected chi connectivity index (χ1v) is 12.2. The highest BCUT2D eigenvalue weighted by atomic mass is 16.1. The highest BCUT2D eigenvalue weighted by Crippen LogP contribution is 2.66. The SMILES string of the molecule is CC(C)CCC[C@H](C)[C@@H]1CC[C@@H]2[C@H]3C=CC4=CC(=O)CC[C@]4(C)[C@H]3CC[C@@]21C. The predicted octanol–water partition coefficient (Wildman–Crippen LogP) is 7.37. The lowest BCUT2D eigenvalue weighted by atomic mass is 9.48. The maximum atomic E-state index is 12.0. The molecule has 1 heteroatoms. The number of fused-ring (bicyclic) bond motifs is 5. The smallest absolute Gasteiger partial charge is 0.156 e. The van der Waals surface area contributed by atoms with Crippen LogP contribution < -0.4 is 0 Å². The Morgan fingerprint density at radius 2 is 1.82 bits per heavy atom. The summed E-state index contributed by atoms with van der Waals surface area (Å²) in [5.41, 5.74) is 2.12. The third kappa shape index (κ3) is 3.25. The molecule has 0 radical (unpaired) electrons. The molecule has 28 heavy (non-hydrogen) atoms. The molecule has 0 saturated heterocycles. The Morgan fingerprint density at radius 1 is 1.04 bits per heavy atom. The van der Waals surface area contributed by atoms with Crippen LogP contribution in [0.15, 0.2) is 23.8 Å². The van der Waals surface area contributed by atoms with Gasteiger partial charge in [0.15, 0.2) is 5.78 Å². The third-order valence-electron chi connectivity index (χ3n) is 9.72. The molecule has 4 aliphatic rings. The van der Waals surface area contributed by atoms with Gasteiger partial charge in [-0.15, -0.1) is 0 Å². The van der Waals surface area contributed by atoms with Gasteiger partial charge in [0.2, 0.25) is 0 Å². The van der Waals surface area contributed by atoms with Crippen molar-refractivity contribution >= 4 is 5.78 Å². The number of carbonyl (C=O) groups is 1. The number of hydrogen-bond donors (Lipinski definition) is 0. The summed E-state index contributed by atoms with van der Waals surface area (Å²) >= 11 is 0. The second-order valence-electron chi connectivity index (χ2n) is 11.7. The van der Waals surface area contributed by atoms with E-state index in [1.165, 1.54) is 50.5 Å². The average Bonchev–Trinajstić information content (AvgIpc) is 2.99. The predicted molar refractivity (Wildman–Crippen MR) is 118 cm³/mol. The molecular weight excluding hydrogens is 340 g/mol. The van der Waals surface area contributed by atoms with Crippen molar-refractivity contribution in [1.29, 1.82) is 0 Å². The van der Waals surface area contributed by atoms with E-state index in [0.717, 1.165) is 48.3 Å². The van der Waals surface area contributed by atoms with Gasteiger partial charge in [-0.2, -0.15) is 0 Å². The first kappa shape index (κ1) is 20.4. The van der Waals surface area contributed by atoms with E-state index in [1.807, 2.05) is 6.08 Å². The molecule has 0 heterocycles. The molecule has 0 amide bonds. The average molecular weight is 383 g/mol. The lowest BCUT2D eigenvalue weighted by Gasteiger charge is -2.56. The second kappa shape index (κ2) is 7.44. The minimum absolute atomic E-state index is 0.246. The fourth-order valence-corrected chi connectivity index (χ4v) is 8.02. The zero-order chi connectivity index (χ0) is 20.1. The molecule has 2 fully saturated rings. The summed E-state index contributed by atoms with van der Waals surface area (Å²) in [5.74, 6) is 5.32. The molecule has 0 aromatic heterocycles. The van der Waals surface area contributed by atoms with Gasteiger partial charge in [-0.05, 0) is 90.1 Å². The Balaban J connectivity index is 1.53. The number of carbonyl (C=O) groups excluding carboxylic acids is 1. The standard InChI is InChI=1S/C27H42O/c1-18(2)7-6-8-19(3)23-11-12-24-22-10-9-20-17-21(28)13-15-26(20,4)25(22)14-16-27(23,24)5/h9-10,17-19,22-25H,6-8,11-16H2,1-5H3/t19-,22+,23-,24+,25-,26-,27+/m0/s1. The van der Waals surface area contributed by atoms with Crippen LogP contribution in [-0.4, -0.2) is 5.78 Å². The molecule has 0 bridgehead atoms. The number of hydrogen-bond acceptors (Lipinski definition) is 1. The number of rotatable bonds is 5. The normalized spacial score (nSPS) is 43.4. The molecule has 1 nitrogen and oxygen atoms in total. The first-order valence-electron chi connectivity index (χ1n) is 12.2. The fourth-order valence-electron chi connectivity index (χ4n) is 8.02. The maximum absolute atomic E-state index is 12.0. The van der Waals surface area contributed by atoms with Gasteiger partial charge in [0, 0.05) is 6.42 Å². The Bertz CT molecular complexity index is 670. The third-order valence-corrected chi connectivity index (χ3v) is 9.72. The largest absolute Gasteiger partial charge is 0.295 e. The monoisotopic (exact) mass is 382 g/mol. The van der Waals surface area contributed by atoms with Crippen LogP contribution in [0.4, 0.5) is 0 Å². The van der Waals surface area contributed by atoms with Gasteiger partial charge in [-0.25, -0.2) is 0 Å². The van der Waals surface area contributed by atoms with Gasteiger partial charge in [-0.1, -0.05) is 66.0 Å². The Hall–Kier alpha value is -0.850. The minimum atomic E-state index is 0.246. The fraction of sp³-hybridized carbons (Fsp3) is 0.815. The van der Waals surface area contributed by atoms with E-state index in [2.05, 4.69) is 46.8 Å². The molecule has 0 spiro atoms. The summed E-state index contributed by atoms with van der Waals surface area (Å²) in [7, 11) is 0. The van der Waals surface area contributed by atoms with Crippen LogP contribution in [0.2, 0.25) is 0 Å². The van der Waals surface area contributed by atoms with Gasteiger partial charge in [0.1, 0.15) is 0 Å². The van der Waals surface area contributed by atoms with Crippen LogP contribution in [0.5, 0.6) is 0 Å². The maximum Gasteiger partial charge on any atom is 0.156 e. The molecule has 0 aliphatic heterocycles. The van der Waals surface area contributed by atoms with E-state index >= 15 is 0 Å². The highest BCUT2D eigenvalue weighted by molar-refractivity contribution is 5.92. The Labute approximate surface area is 173 Å². The van der Waals surface area contributed by atoms with E-state index in [1.54, 1.807) is 0 Å². The molecule has 0 aromatic rings. The quantitative estimate of drug-likeness (QED) is 0.485. The van der Waals surface area contributed by atoms with Crippen LogP contribution in [0, 0.1) is 46.3 Å². The summed E-state index contributed by atoms with van der Waals surface area (Å²) in [6.45, 7) is 12.4. The molecule has 0 N–H and O–H groups in total. The highest BCUT2D eigenvalue weighted by Gasteiger charge is 2.58. The number of allylic oxidation sites excluding steroid dienone is 4. The first-order chi connectivity index (χ1) is 13.3. The summed E-state index contributed by atoms with van der Waals surface area (Å²) < 4.78 is 0. The minimum Gasteiger partial charge on any atom is -0.295 e. The van der Waals surface area contributed by atoms with Crippen LogP contribution in [-0.2, 0) is 4.79 Å². The molecule has 4 aliphatic carbocycles. The van der Waals surface area contributed by atoms with Gasteiger partial charge in [0.25, 0.3) is 0 Å². The molecule has 2 saturated carbocycles. The van der Waals surface area contributed by atoms with Crippen molar-refractivity contribution in [1.82, 2.24) is 0 Å². The van der Waals surface area contributed by atoms with Crippen molar-refractivity contribution < 1.29 is 4.79 Å². The molecule has 0 unspecified atom stereocenters. The summed E-state index contributed by atoms with van der Waals surface area (Å²) in [6, 6.07) is 0. The van der Waals surface area contributed by atoms with Crippen LogP contribution >= 0.6 is 0 Å². The van der Waals surface area contributed by atoms with Crippen molar-refractivity contribution in [2.45, 2.75) is 92.4 Å². The van der Waals surface area contributed by atoms with E-state index < -0.39 is 0 Å². The topological polar surface area (TPSA) is 17.1 Å². The van der Waals surface area contributed by atoms with Crippen LogP contribution in [0.25, 0.3) is 0 Å². The van der Waals surface area contributed by atoms with Crippen LogP contribution in [0.3, 0.4) is 0 Å². The van der Waals surface area contributed by atoms with Crippen molar-refractivity contribution in [3.63, 3.8) is 0 Å². The van der Waals surface area contributed by atoms with E-state index in [0.29, 0.717) is 11.2 Å². The molecule has 7 atom stereocenters. The Morgan fingerprint density at radius 3 is 2.57 bits per heavy atom. The number of ketones is 1. The summed E-state index contributed by atoms with van der Waals surface area (Å²) in [6.07, 6.45) is 18.5. The van der Waals surface area contributed by atoms with Crippen LogP contribution in [0.1, 0.15) is 92.4 Å². The molecular formula is C27H42O. The van der Waals surface area contributed by atoms with E-state index in [4.69, 9.17) is 0 Å². The summed E-state index contributed by atoms with van der Waals surface area (Å²) in [5, 5.41) is 0. The molecule has 4 rings (SSSR count). The van der Waals surface area contributed by atoms with Gasteiger partial charge >= 0.3 is 0 Å². The van der Waals surface area contributed by atoms with Gasteiger partial charge in [0.05, 0.1) is 0 Å². The van der Waals surface area contributed by atoms with Crippen molar-refractivity contribution in [2.75, 3.05) is 0 Å². The van der Waals surface area contributed by atoms with Crippen molar-refractivity contribution in [3.05, 3.63) is 23.8 Å². The second-order valence-corrected chi connectivity index (χ2v) is 11.7. The molecule has 0 aromatic carbocycles. The lowest BCUT2D eigenvalue weighted by molar-refractivity contribution is -0.116. The lowest BCUT2D eigenvalue weighted by Crippen LogP contribution is -2.49. The van der Waals surface area contributed by atoms with Crippen molar-refractivity contribution in [3.8, 4) is 0 Å². The molecule has 156 valence electrons. The van der Waals surface area contributed by atoms with E-state index in [-0.39, 0.29) is 5.41 Å². The Kier molecular flexibility index (Phi) is 5.43. The summed E-state index contributed by atoms with van der Waals surface area (Å²) in [4.78, 5) is 12.0. The van der Waals surface area contributed by atoms with E-state index in [9.17, 15) is 4.79 Å². The zero-order valence-electron chi connectivity index (χ0n) is 19.0. The zero-order valence-corrected chi connectivity index (χ0v) is 19.0. The van der Waals surface area contributed by atoms with Gasteiger partial charge in [-0.3, -0.25) is 4.79 Å². The van der Waals surface area contributed by atoms with Crippen molar-refractivity contribution in [2.24, 2.45) is 46.3 Å².